The van der Waals surface area contributed by atoms with E-state index in [1.165, 1.54) is 19.3 Å². The molecule has 0 saturated carbocycles. The van der Waals surface area contributed by atoms with E-state index < -0.39 is 0 Å². The SMILES string of the molecule is CC1CCCCN1c1nc(C(=O)N2CCNCC2)cs1. The topological polar surface area (TPSA) is 48.5 Å². The van der Waals surface area contributed by atoms with Crippen molar-refractivity contribution in [3.63, 3.8) is 0 Å². The zero-order valence-corrected chi connectivity index (χ0v) is 12.8. The van der Waals surface area contributed by atoms with Crippen LogP contribution in [0.2, 0.25) is 0 Å². The second kappa shape index (κ2) is 6.10. The fraction of sp³-hybridized carbons (Fsp3) is 0.714. The fourth-order valence-corrected chi connectivity index (χ4v) is 3.83. The van der Waals surface area contributed by atoms with Gasteiger partial charge < -0.3 is 15.1 Å². The van der Waals surface area contributed by atoms with Gasteiger partial charge in [-0.1, -0.05) is 0 Å². The molecule has 3 rings (SSSR count). The van der Waals surface area contributed by atoms with E-state index in [0.29, 0.717) is 11.7 Å². The molecule has 6 heteroatoms. The second-order valence-electron chi connectivity index (χ2n) is 5.60. The van der Waals surface area contributed by atoms with E-state index in [0.717, 1.165) is 37.9 Å². The van der Waals surface area contributed by atoms with Crippen LogP contribution in [0.15, 0.2) is 5.38 Å². The highest BCUT2D eigenvalue weighted by molar-refractivity contribution is 7.13. The predicted octanol–water partition coefficient (Wildman–Crippen LogP) is 1.57. The van der Waals surface area contributed by atoms with Gasteiger partial charge in [0.1, 0.15) is 5.69 Å². The highest BCUT2D eigenvalue weighted by Crippen LogP contribution is 2.28. The molecule has 1 aromatic rings. The van der Waals surface area contributed by atoms with E-state index in [-0.39, 0.29) is 5.91 Å². The van der Waals surface area contributed by atoms with Gasteiger partial charge in [-0.25, -0.2) is 4.98 Å². The summed E-state index contributed by atoms with van der Waals surface area (Å²) in [6, 6.07) is 0.539. The van der Waals surface area contributed by atoms with E-state index >= 15 is 0 Å². The average Bonchev–Trinajstić information content (AvgIpc) is 2.97. The minimum Gasteiger partial charge on any atom is -0.345 e. The van der Waals surface area contributed by atoms with Crippen LogP contribution in [0.25, 0.3) is 0 Å². The van der Waals surface area contributed by atoms with Gasteiger partial charge in [-0.3, -0.25) is 4.79 Å². The van der Waals surface area contributed by atoms with E-state index in [9.17, 15) is 4.79 Å². The molecule has 1 aromatic heterocycles. The van der Waals surface area contributed by atoms with Crippen molar-refractivity contribution in [3.8, 4) is 0 Å². The summed E-state index contributed by atoms with van der Waals surface area (Å²) < 4.78 is 0. The molecule has 2 saturated heterocycles. The predicted molar refractivity (Wildman–Crippen MR) is 81.5 cm³/mol. The van der Waals surface area contributed by atoms with Crippen LogP contribution in [0.4, 0.5) is 5.13 Å². The number of amides is 1. The molecule has 1 amide bonds. The van der Waals surface area contributed by atoms with Crippen molar-refractivity contribution in [1.29, 1.82) is 0 Å². The third-order valence-corrected chi connectivity index (χ3v) is 5.04. The largest absolute Gasteiger partial charge is 0.345 e. The molecule has 0 spiro atoms. The number of hydrogen-bond donors (Lipinski definition) is 1. The molecular weight excluding hydrogens is 272 g/mol. The van der Waals surface area contributed by atoms with Crippen LogP contribution in [0.3, 0.4) is 0 Å². The van der Waals surface area contributed by atoms with Crippen LogP contribution in [0, 0.1) is 0 Å². The first-order valence-electron chi connectivity index (χ1n) is 7.48. The summed E-state index contributed by atoms with van der Waals surface area (Å²) in [6.07, 6.45) is 3.75. The van der Waals surface area contributed by atoms with Crippen LogP contribution in [0.5, 0.6) is 0 Å². The number of anilines is 1. The van der Waals surface area contributed by atoms with E-state index in [2.05, 4.69) is 22.1 Å². The number of carbonyl (C=O) groups excluding carboxylic acids is 1. The monoisotopic (exact) mass is 294 g/mol. The van der Waals surface area contributed by atoms with Gasteiger partial charge in [-0.15, -0.1) is 11.3 Å². The summed E-state index contributed by atoms with van der Waals surface area (Å²) in [5.74, 6) is 0.0821. The van der Waals surface area contributed by atoms with E-state index in [1.54, 1.807) is 11.3 Å². The van der Waals surface area contributed by atoms with Crippen LogP contribution in [0.1, 0.15) is 36.7 Å². The van der Waals surface area contributed by atoms with Crippen molar-refractivity contribution < 1.29 is 4.79 Å². The Balaban J connectivity index is 1.70. The summed E-state index contributed by atoms with van der Waals surface area (Å²) in [6.45, 7) is 6.64. The summed E-state index contributed by atoms with van der Waals surface area (Å²) in [7, 11) is 0. The van der Waals surface area contributed by atoms with Crippen molar-refractivity contribution in [2.24, 2.45) is 0 Å². The number of nitrogens with zero attached hydrogens (tertiary/aromatic N) is 3. The average molecular weight is 294 g/mol. The van der Waals surface area contributed by atoms with Crippen LogP contribution in [-0.4, -0.2) is 54.6 Å². The van der Waals surface area contributed by atoms with Gasteiger partial charge in [0.2, 0.25) is 0 Å². The van der Waals surface area contributed by atoms with E-state index in [4.69, 9.17) is 0 Å². The second-order valence-corrected chi connectivity index (χ2v) is 6.43. The molecule has 0 aliphatic carbocycles. The third-order valence-electron chi connectivity index (χ3n) is 4.16. The number of piperidine rings is 1. The van der Waals surface area contributed by atoms with Gasteiger partial charge in [0, 0.05) is 44.1 Å². The Bertz CT molecular complexity index is 469. The number of carbonyl (C=O) groups is 1. The zero-order chi connectivity index (χ0) is 13.9. The first-order valence-corrected chi connectivity index (χ1v) is 8.36. The maximum atomic E-state index is 12.4. The molecule has 1 unspecified atom stereocenters. The lowest BCUT2D eigenvalue weighted by atomic mass is 10.1. The zero-order valence-electron chi connectivity index (χ0n) is 12.0. The van der Waals surface area contributed by atoms with Crippen molar-refractivity contribution >= 4 is 22.4 Å². The molecule has 2 aliphatic heterocycles. The summed E-state index contributed by atoms with van der Waals surface area (Å²) >= 11 is 1.60. The van der Waals surface area contributed by atoms with Crippen molar-refractivity contribution in [2.45, 2.75) is 32.2 Å². The maximum Gasteiger partial charge on any atom is 0.273 e. The lowest BCUT2D eigenvalue weighted by Crippen LogP contribution is -2.46. The summed E-state index contributed by atoms with van der Waals surface area (Å²) in [5, 5.41) is 6.19. The molecule has 0 aromatic carbocycles. The van der Waals surface area contributed by atoms with Gasteiger partial charge in [0.15, 0.2) is 5.13 Å². The Labute approximate surface area is 124 Å². The number of hydrogen-bond acceptors (Lipinski definition) is 5. The first kappa shape index (κ1) is 13.8. The third kappa shape index (κ3) is 2.81. The number of piperazine rings is 1. The molecular formula is C14H22N4OS. The Hall–Kier alpha value is -1.14. The number of thiazole rings is 1. The molecule has 110 valence electrons. The lowest BCUT2D eigenvalue weighted by Gasteiger charge is -2.33. The maximum absolute atomic E-state index is 12.4. The minimum atomic E-state index is 0.0821. The Kier molecular flexibility index (Phi) is 4.21. The van der Waals surface area contributed by atoms with Crippen molar-refractivity contribution in [3.05, 3.63) is 11.1 Å². The van der Waals surface area contributed by atoms with Gasteiger partial charge in [0.05, 0.1) is 0 Å². The molecule has 2 aliphatic rings. The van der Waals surface area contributed by atoms with Gasteiger partial charge in [-0.05, 0) is 26.2 Å². The molecule has 0 radical (unpaired) electrons. The van der Waals surface area contributed by atoms with Crippen molar-refractivity contribution in [2.75, 3.05) is 37.6 Å². The quantitative estimate of drug-likeness (QED) is 0.899. The molecule has 0 bridgehead atoms. The molecule has 5 nitrogen and oxygen atoms in total. The van der Waals surface area contributed by atoms with Crippen molar-refractivity contribution in [1.82, 2.24) is 15.2 Å². The van der Waals surface area contributed by atoms with Gasteiger partial charge in [-0.2, -0.15) is 0 Å². The smallest absolute Gasteiger partial charge is 0.273 e. The Morgan fingerprint density at radius 2 is 2.15 bits per heavy atom. The number of aromatic nitrogens is 1. The molecule has 2 fully saturated rings. The highest BCUT2D eigenvalue weighted by atomic mass is 32.1. The molecule has 1 atom stereocenters. The summed E-state index contributed by atoms with van der Waals surface area (Å²) in [5.41, 5.74) is 0.615. The molecule has 3 heterocycles. The van der Waals surface area contributed by atoms with Crippen LogP contribution < -0.4 is 10.2 Å². The normalized spacial score (nSPS) is 23.9. The van der Waals surface area contributed by atoms with Gasteiger partial charge in [0.25, 0.3) is 5.91 Å². The first-order chi connectivity index (χ1) is 9.75. The highest BCUT2D eigenvalue weighted by Gasteiger charge is 2.24. The molecule has 1 N–H and O–H groups in total. The van der Waals surface area contributed by atoms with Gasteiger partial charge >= 0.3 is 0 Å². The Morgan fingerprint density at radius 1 is 1.35 bits per heavy atom. The lowest BCUT2D eigenvalue weighted by molar-refractivity contribution is 0.0730. The number of nitrogens with one attached hydrogen (secondary N) is 1. The molecule has 20 heavy (non-hydrogen) atoms. The van der Waals surface area contributed by atoms with Crippen LogP contribution in [-0.2, 0) is 0 Å². The number of rotatable bonds is 2. The Morgan fingerprint density at radius 3 is 2.90 bits per heavy atom. The standard InChI is InChI=1S/C14H22N4OS/c1-11-4-2-3-7-18(11)14-16-12(10-20-14)13(19)17-8-5-15-6-9-17/h10-11,15H,2-9H2,1H3. The van der Waals surface area contributed by atoms with E-state index in [1.807, 2.05) is 10.3 Å². The van der Waals surface area contributed by atoms with Crippen LogP contribution >= 0.6 is 11.3 Å². The summed E-state index contributed by atoms with van der Waals surface area (Å²) in [4.78, 5) is 21.2. The fourth-order valence-electron chi connectivity index (χ4n) is 2.91. The minimum absolute atomic E-state index is 0.0821.